The number of benzene rings is 1. The summed E-state index contributed by atoms with van der Waals surface area (Å²) in [6.07, 6.45) is 3.35. The molecular weight excluding hydrogens is 426 g/mol. The van der Waals surface area contributed by atoms with Gasteiger partial charge in [0.05, 0.1) is 19.7 Å². The van der Waals surface area contributed by atoms with Crippen molar-refractivity contribution in [1.82, 2.24) is 14.4 Å². The molecule has 0 aliphatic carbocycles. The Kier molecular flexibility index (Phi) is 10.8. The molecule has 2 aromatic rings. The number of carbonyl (C=O) groups is 2. The second-order valence-corrected chi connectivity index (χ2v) is 10.7. The van der Waals surface area contributed by atoms with Crippen LogP contribution < -0.4 is 0 Å². The number of amides is 2. The average molecular weight is 470 g/mol. The van der Waals surface area contributed by atoms with Crippen molar-refractivity contribution in [2.75, 3.05) is 33.4 Å². The molecule has 188 valence electrons. The van der Waals surface area contributed by atoms with Gasteiger partial charge in [0.1, 0.15) is 0 Å². The number of nitrogens with zero attached hydrogens (tertiary/aromatic N) is 3. The van der Waals surface area contributed by atoms with E-state index in [0.717, 1.165) is 18.7 Å². The minimum Gasteiger partial charge on any atom is -0.383 e. The Labute approximate surface area is 205 Å². The molecule has 0 spiro atoms. The van der Waals surface area contributed by atoms with E-state index in [1.807, 2.05) is 35.4 Å². The Morgan fingerprint density at radius 2 is 1.68 bits per heavy atom. The quantitative estimate of drug-likeness (QED) is 0.423. The van der Waals surface area contributed by atoms with E-state index in [9.17, 15) is 9.59 Å². The van der Waals surface area contributed by atoms with E-state index < -0.39 is 0 Å². The van der Waals surface area contributed by atoms with Crippen LogP contribution in [0.5, 0.6) is 0 Å². The van der Waals surface area contributed by atoms with Crippen molar-refractivity contribution in [2.24, 2.45) is 11.3 Å². The van der Waals surface area contributed by atoms with Crippen molar-refractivity contribution in [3.8, 4) is 0 Å². The molecule has 0 saturated carbocycles. The van der Waals surface area contributed by atoms with E-state index in [1.165, 1.54) is 5.56 Å². The Morgan fingerprint density at radius 3 is 2.29 bits per heavy atom. The lowest BCUT2D eigenvalue weighted by Crippen LogP contribution is -2.45. The smallest absolute Gasteiger partial charge is 0.242 e. The number of ether oxygens (including phenoxy) is 1. The molecule has 0 fully saturated rings. The summed E-state index contributed by atoms with van der Waals surface area (Å²) in [5.74, 6) is 0.460. The highest BCUT2D eigenvalue weighted by molar-refractivity contribution is 5.85. The predicted molar refractivity (Wildman–Crippen MR) is 137 cm³/mol. The first-order valence-electron chi connectivity index (χ1n) is 12.3. The van der Waals surface area contributed by atoms with Crippen LogP contribution >= 0.6 is 0 Å². The van der Waals surface area contributed by atoms with Gasteiger partial charge in [0.2, 0.25) is 11.8 Å². The molecule has 2 rings (SSSR count). The molecule has 0 aliphatic rings. The zero-order chi connectivity index (χ0) is 25.1. The lowest BCUT2D eigenvalue weighted by Gasteiger charge is -2.30. The van der Waals surface area contributed by atoms with E-state index in [1.54, 1.807) is 12.0 Å². The monoisotopic (exact) mass is 469 g/mol. The van der Waals surface area contributed by atoms with E-state index in [-0.39, 0.29) is 23.8 Å². The minimum atomic E-state index is -0.121. The first kappa shape index (κ1) is 27.6. The van der Waals surface area contributed by atoms with E-state index in [2.05, 4.69) is 57.4 Å². The predicted octanol–water partition coefficient (Wildman–Crippen LogP) is 4.82. The van der Waals surface area contributed by atoms with Crippen LogP contribution in [0.4, 0.5) is 0 Å². The van der Waals surface area contributed by atoms with Crippen LogP contribution in [0.2, 0.25) is 0 Å². The van der Waals surface area contributed by atoms with Gasteiger partial charge in [-0.2, -0.15) is 0 Å². The van der Waals surface area contributed by atoms with Gasteiger partial charge in [-0.3, -0.25) is 9.59 Å². The Balaban J connectivity index is 2.15. The highest BCUT2D eigenvalue weighted by atomic mass is 16.5. The van der Waals surface area contributed by atoms with Gasteiger partial charge in [-0.1, -0.05) is 65.0 Å². The lowest BCUT2D eigenvalue weighted by molar-refractivity contribution is -0.142. The number of hydrogen-bond donors (Lipinski definition) is 0. The summed E-state index contributed by atoms with van der Waals surface area (Å²) in [4.78, 5) is 30.0. The number of methoxy groups -OCH3 is 1. The van der Waals surface area contributed by atoms with Crippen molar-refractivity contribution < 1.29 is 14.3 Å². The highest BCUT2D eigenvalue weighted by Crippen LogP contribution is 2.20. The van der Waals surface area contributed by atoms with Gasteiger partial charge in [-0.05, 0) is 35.4 Å². The molecule has 0 N–H and O–H groups in total. The average Bonchev–Trinajstić information content (AvgIpc) is 3.19. The first-order valence-corrected chi connectivity index (χ1v) is 12.3. The fourth-order valence-corrected chi connectivity index (χ4v) is 3.75. The standard InChI is InChI=1S/C28H43N3O3/c1-23(2)14-16-30(26(32)19-28(3,4)5)22-27(33)31(17-18-34-6)21-25-13-10-15-29(25)20-24-11-8-7-9-12-24/h7-13,15,23H,14,16-22H2,1-6H3. The third-order valence-electron chi connectivity index (χ3n) is 5.73. The van der Waals surface area contributed by atoms with E-state index in [0.29, 0.717) is 38.6 Å². The van der Waals surface area contributed by atoms with Gasteiger partial charge in [0, 0.05) is 45.1 Å². The molecule has 0 aliphatic heterocycles. The summed E-state index contributed by atoms with van der Waals surface area (Å²) in [6, 6.07) is 14.4. The Hall–Kier alpha value is -2.60. The number of rotatable bonds is 13. The summed E-state index contributed by atoms with van der Waals surface area (Å²) >= 11 is 0. The van der Waals surface area contributed by atoms with Gasteiger partial charge in [-0.25, -0.2) is 0 Å². The maximum absolute atomic E-state index is 13.4. The van der Waals surface area contributed by atoms with Crippen LogP contribution in [0.25, 0.3) is 0 Å². The molecule has 0 unspecified atom stereocenters. The molecule has 34 heavy (non-hydrogen) atoms. The van der Waals surface area contributed by atoms with Crippen molar-refractivity contribution in [2.45, 2.75) is 60.5 Å². The molecule has 0 atom stereocenters. The van der Waals surface area contributed by atoms with E-state index in [4.69, 9.17) is 4.74 Å². The van der Waals surface area contributed by atoms with Gasteiger partial charge in [0.25, 0.3) is 0 Å². The second-order valence-electron chi connectivity index (χ2n) is 10.7. The molecular formula is C28H43N3O3. The summed E-state index contributed by atoms with van der Waals surface area (Å²) in [5.41, 5.74) is 2.15. The third kappa shape index (κ3) is 9.72. The van der Waals surface area contributed by atoms with Gasteiger partial charge >= 0.3 is 0 Å². The van der Waals surface area contributed by atoms with Gasteiger partial charge < -0.3 is 19.1 Å². The minimum absolute atomic E-state index is 0.0423. The number of aromatic nitrogens is 1. The second kappa shape index (κ2) is 13.3. The zero-order valence-corrected chi connectivity index (χ0v) is 21.9. The Morgan fingerprint density at radius 1 is 0.971 bits per heavy atom. The SMILES string of the molecule is COCCN(Cc1cccn1Cc1ccccc1)C(=O)CN(CCC(C)C)C(=O)CC(C)(C)C. The van der Waals surface area contributed by atoms with Crippen LogP contribution in [-0.4, -0.2) is 59.5 Å². The summed E-state index contributed by atoms with van der Waals surface area (Å²) in [6.45, 7) is 13.3. The van der Waals surface area contributed by atoms with Crippen LogP contribution in [0.1, 0.15) is 58.7 Å². The van der Waals surface area contributed by atoms with Crippen LogP contribution in [0.3, 0.4) is 0 Å². The van der Waals surface area contributed by atoms with Crippen molar-refractivity contribution in [1.29, 1.82) is 0 Å². The molecule has 2 amide bonds. The van der Waals surface area contributed by atoms with Crippen LogP contribution in [0.15, 0.2) is 48.7 Å². The number of carbonyl (C=O) groups excluding carboxylic acids is 2. The fourth-order valence-electron chi connectivity index (χ4n) is 3.75. The maximum Gasteiger partial charge on any atom is 0.242 e. The molecule has 1 aromatic carbocycles. The highest BCUT2D eigenvalue weighted by Gasteiger charge is 2.25. The molecule has 0 bridgehead atoms. The largest absolute Gasteiger partial charge is 0.383 e. The summed E-state index contributed by atoms with van der Waals surface area (Å²) in [5, 5.41) is 0. The molecule has 6 heteroatoms. The van der Waals surface area contributed by atoms with Gasteiger partial charge in [0.15, 0.2) is 0 Å². The topological polar surface area (TPSA) is 54.8 Å². The zero-order valence-electron chi connectivity index (χ0n) is 21.9. The van der Waals surface area contributed by atoms with Crippen molar-refractivity contribution in [3.63, 3.8) is 0 Å². The van der Waals surface area contributed by atoms with Crippen LogP contribution in [-0.2, 0) is 27.4 Å². The molecule has 0 radical (unpaired) electrons. The maximum atomic E-state index is 13.4. The molecule has 1 aromatic heterocycles. The van der Waals surface area contributed by atoms with E-state index >= 15 is 0 Å². The molecule has 6 nitrogen and oxygen atoms in total. The molecule has 0 saturated heterocycles. The summed E-state index contributed by atoms with van der Waals surface area (Å²) in [7, 11) is 1.64. The van der Waals surface area contributed by atoms with Gasteiger partial charge in [-0.15, -0.1) is 0 Å². The Bertz CT molecular complexity index is 884. The first-order chi connectivity index (χ1) is 16.1. The summed E-state index contributed by atoms with van der Waals surface area (Å²) < 4.78 is 7.45. The number of hydrogen-bond acceptors (Lipinski definition) is 3. The normalized spacial score (nSPS) is 11.6. The fraction of sp³-hybridized carbons (Fsp3) is 0.571. The third-order valence-corrected chi connectivity index (χ3v) is 5.73. The van der Waals surface area contributed by atoms with Crippen molar-refractivity contribution >= 4 is 11.8 Å². The lowest BCUT2D eigenvalue weighted by atomic mass is 9.91. The molecule has 1 heterocycles. The van der Waals surface area contributed by atoms with Crippen LogP contribution in [0, 0.1) is 11.3 Å². The van der Waals surface area contributed by atoms with Crippen molar-refractivity contribution in [3.05, 3.63) is 59.9 Å².